The summed E-state index contributed by atoms with van der Waals surface area (Å²) in [4.78, 5) is 11.6. The van der Waals surface area contributed by atoms with Crippen LogP contribution in [-0.2, 0) is 4.79 Å². The molecule has 2 rings (SSSR count). The minimum Gasteiger partial charge on any atom is -0.484 e. The van der Waals surface area contributed by atoms with Crippen LogP contribution in [-0.4, -0.2) is 30.3 Å². The maximum atomic E-state index is 11.6. The zero-order valence-corrected chi connectivity index (χ0v) is 11.5. The van der Waals surface area contributed by atoms with Gasteiger partial charge in [0, 0.05) is 6.54 Å². The van der Waals surface area contributed by atoms with E-state index in [1.165, 1.54) is 5.56 Å². The normalized spacial score (nSPS) is 15.9. The first kappa shape index (κ1) is 13.9. The fraction of sp³-hybridized carbons (Fsp3) is 0.533. The second-order valence-electron chi connectivity index (χ2n) is 5.24. The van der Waals surface area contributed by atoms with Gasteiger partial charge < -0.3 is 15.2 Å². The summed E-state index contributed by atoms with van der Waals surface area (Å²) in [6, 6.07) is 5.75. The number of aliphatic hydroxyl groups is 1. The van der Waals surface area contributed by atoms with Gasteiger partial charge in [0.25, 0.3) is 5.91 Å². The lowest BCUT2D eigenvalue weighted by molar-refractivity contribution is -0.123. The Bertz CT molecular complexity index is 455. The van der Waals surface area contributed by atoms with Gasteiger partial charge in [-0.3, -0.25) is 4.79 Å². The van der Waals surface area contributed by atoms with Gasteiger partial charge >= 0.3 is 0 Å². The number of hydrogen-bond acceptors (Lipinski definition) is 3. The summed E-state index contributed by atoms with van der Waals surface area (Å²) in [5.74, 6) is 0.875. The third-order valence-corrected chi connectivity index (χ3v) is 3.52. The molecule has 4 nitrogen and oxygen atoms in total. The maximum absolute atomic E-state index is 11.6. The number of rotatable bonds is 6. The van der Waals surface area contributed by atoms with Crippen LogP contribution < -0.4 is 10.1 Å². The van der Waals surface area contributed by atoms with Crippen LogP contribution in [0.15, 0.2) is 18.2 Å². The zero-order valence-electron chi connectivity index (χ0n) is 11.5. The van der Waals surface area contributed by atoms with E-state index < -0.39 is 6.10 Å². The number of nitrogens with one attached hydrogen (secondary N) is 1. The number of aliphatic hydroxyl groups excluding tert-OH is 1. The fourth-order valence-corrected chi connectivity index (χ4v) is 1.87. The molecule has 1 saturated carbocycles. The number of carbonyl (C=O) groups is 1. The number of hydrogen-bond donors (Lipinski definition) is 2. The first-order chi connectivity index (χ1) is 9.06. The van der Waals surface area contributed by atoms with Crippen molar-refractivity contribution in [3.05, 3.63) is 29.3 Å². The zero-order chi connectivity index (χ0) is 13.8. The highest BCUT2D eigenvalue weighted by molar-refractivity contribution is 5.77. The van der Waals surface area contributed by atoms with Crippen molar-refractivity contribution in [2.45, 2.75) is 32.8 Å². The molecule has 0 bridgehead atoms. The van der Waals surface area contributed by atoms with Crippen LogP contribution in [0.4, 0.5) is 0 Å². The van der Waals surface area contributed by atoms with Gasteiger partial charge in [-0.25, -0.2) is 0 Å². The van der Waals surface area contributed by atoms with Crippen molar-refractivity contribution in [3.8, 4) is 5.75 Å². The first-order valence-corrected chi connectivity index (χ1v) is 6.71. The summed E-state index contributed by atoms with van der Waals surface area (Å²) in [5.41, 5.74) is 2.34. The van der Waals surface area contributed by atoms with Crippen molar-refractivity contribution in [2.24, 2.45) is 5.92 Å². The highest BCUT2D eigenvalue weighted by Crippen LogP contribution is 2.32. The molecule has 0 aromatic heterocycles. The van der Waals surface area contributed by atoms with E-state index in [9.17, 15) is 9.90 Å². The Labute approximate surface area is 113 Å². The van der Waals surface area contributed by atoms with Crippen molar-refractivity contribution >= 4 is 5.91 Å². The quantitative estimate of drug-likeness (QED) is 0.819. The Morgan fingerprint density at radius 3 is 2.79 bits per heavy atom. The van der Waals surface area contributed by atoms with Crippen molar-refractivity contribution in [3.63, 3.8) is 0 Å². The molecular weight excluding hydrogens is 242 g/mol. The fourth-order valence-electron chi connectivity index (χ4n) is 1.87. The number of benzene rings is 1. The van der Waals surface area contributed by atoms with E-state index in [4.69, 9.17) is 4.74 Å². The molecule has 1 unspecified atom stereocenters. The van der Waals surface area contributed by atoms with Gasteiger partial charge in [-0.15, -0.1) is 0 Å². The number of amides is 1. The summed E-state index contributed by atoms with van der Waals surface area (Å²) in [6.07, 6.45) is 1.72. The van der Waals surface area contributed by atoms with Gasteiger partial charge in [0.2, 0.25) is 0 Å². The average molecular weight is 263 g/mol. The molecule has 4 heteroatoms. The highest BCUT2D eigenvalue weighted by Gasteiger charge is 2.29. The van der Waals surface area contributed by atoms with Crippen molar-refractivity contribution < 1.29 is 14.6 Å². The summed E-state index contributed by atoms with van der Waals surface area (Å²) in [6.45, 7) is 4.35. The largest absolute Gasteiger partial charge is 0.484 e. The molecule has 0 spiro atoms. The van der Waals surface area contributed by atoms with Gasteiger partial charge in [0.15, 0.2) is 6.61 Å². The Morgan fingerprint density at radius 2 is 2.16 bits per heavy atom. The van der Waals surface area contributed by atoms with E-state index in [1.807, 2.05) is 32.0 Å². The molecule has 0 heterocycles. The molecule has 1 aromatic carbocycles. The second kappa shape index (κ2) is 6.06. The molecule has 1 atom stereocenters. The van der Waals surface area contributed by atoms with Crippen LogP contribution in [0, 0.1) is 19.8 Å². The predicted octanol–water partition coefficient (Wildman–Crippen LogP) is 1.57. The molecule has 0 saturated heterocycles. The van der Waals surface area contributed by atoms with E-state index in [0.29, 0.717) is 18.2 Å². The van der Waals surface area contributed by atoms with Crippen LogP contribution in [0.1, 0.15) is 24.0 Å². The summed E-state index contributed by atoms with van der Waals surface area (Å²) in [7, 11) is 0. The Hall–Kier alpha value is -1.55. The predicted molar refractivity (Wildman–Crippen MR) is 73.2 cm³/mol. The SMILES string of the molecule is Cc1ccc(OCC(=O)NCC(O)C2CC2)cc1C. The topological polar surface area (TPSA) is 58.6 Å². The first-order valence-electron chi connectivity index (χ1n) is 6.71. The number of aryl methyl sites for hydroxylation is 2. The van der Waals surface area contributed by atoms with Gasteiger partial charge in [-0.2, -0.15) is 0 Å². The lowest BCUT2D eigenvalue weighted by atomic mass is 10.1. The molecule has 1 fully saturated rings. The Kier molecular flexibility index (Phi) is 4.43. The number of carbonyl (C=O) groups excluding carboxylic acids is 1. The second-order valence-corrected chi connectivity index (χ2v) is 5.24. The lowest BCUT2D eigenvalue weighted by Gasteiger charge is -2.11. The van der Waals surface area contributed by atoms with Crippen LogP contribution in [0.2, 0.25) is 0 Å². The van der Waals surface area contributed by atoms with Gasteiger partial charge in [0.1, 0.15) is 5.75 Å². The smallest absolute Gasteiger partial charge is 0.258 e. The molecule has 104 valence electrons. The summed E-state index contributed by atoms with van der Waals surface area (Å²) in [5, 5.41) is 12.3. The van der Waals surface area contributed by atoms with Crippen LogP contribution >= 0.6 is 0 Å². The number of ether oxygens (including phenoxy) is 1. The molecule has 19 heavy (non-hydrogen) atoms. The van der Waals surface area contributed by atoms with E-state index in [0.717, 1.165) is 18.4 Å². The molecule has 1 aromatic rings. The monoisotopic (exact) mass is 263 g/mol. The van der Waals surface area contributed by atoms with Crippen LogP contribution in [0.25, 0.3) is 0 Å². The summed E-state index contributed by atoms with van der Waals surface area (Å²) >= 11 is 0. The Morgan fingerprint density at radius 1 is 1.42 bits per heavy atom. The molecule has 1 aliphatic rings. The average Bonchev–Trinajstić information content (AvgIpc) is 3.21. The summed E-state index contributed by atoms with van der Waals surface area (Å²) < 4.78 is 5.42. The van der Waals surface area contributed by atoms with E-state index in [1.54, 1.807) is 0 Å². The van der Waals surface area contributed by atoms with E-state index in [2.05, 4.69) is 5.32 Å². The minimum atomic E-state index is -0.412. The van der Waals surface area contributed by atoms with Gasteiger partial charge in [-0.05, 0) is 55.9 Å². The highest BCUT2D eigenvalue weighted by atomic mass is 16.5. The third-order valence-electron chi connectivity index (χ3n) is 3.52. The third kappa shape index (κ3) is 4.24. The minimum absolute atomic E-state index is 0.0140. The van der Waals surface area contributed by atoms with Gasteiger partial charge in [0.05, 0.1) is 6.10 Å². The molecule has 0 aliphatic heterocycles. The van der Waals surface area contributed by atoms with E-state index >= 15 is 0 Å². The standard InChI is InChI=1S/C15H21NO3/c1-10-3-6-13(7-11(10)2)19-9-15(18)16-8-14(17)12-4-5-12/h3,6-7,12,14,17H,4-5,8-9H2,1-2H3,(H,16,18). The maximum Gasteiger partial charge on any atom is 0.258 e. The molecule has 2 N–H and O–H groups in total. The van der Waals surface area contributed by atoms with Crippen LogP contribution in [0.3, 0.4) is 0 Å². The molecule has 1 aliphatic carbocycles. The molecule has 0 radical (unpaired) electrons. The lowest BCUT2D eigenvalue weighted by Crippen LogP contribution is -2.36. The van der Waals surface area contributed by atoms with Crippen LogP contribution in [0.5, 0.6) is 5.75 Å². The van der Waals surface area contributed by atoms with Crippen molar-refractivity contribution in [2.75, 3.05) is 13.2 Å². The van der Waals surface area contributed by atoms with Crippen molar-refractivity contribution in [1.82, 2.24) is 5.32 Å². The van der Waals surface area contributed by atoms with E-state index in [-0.39, 0.29) is 12.5 Å². The molecular formula is C15H21NO3. The Balaban J connectivity index is 1.71. The van der Waals surface area contributed by atoms with Crippen molar-refractivity contribution in [1.29, 1.82) is 0 Å². The van der Waals surface area contributed by atoms with Gasteiger partial charge in [-0.1, -0.05) is 6.07 Å². The molecule has 1 amide bonds.